The Morgan fingerprint density at radius 1 is 1.10 bits per heavy atom. The number of alkyl halides is 3. The lowest BCUT2D eigenvalue weighted by atomic mass is 10.1. The van der Waals surface area contributed by atoms with E-state index < -0.39 is 6.36 Å². The van der Waals surface area contributed by atoms with Crippen LogP contribution in [-0.4, -0.2) is 6.36 Å². The van der Waals surface area contributed by atoms with Gasteiger partial charge in [-0.15, -0.1) is 13.2 Å². The molecule has 0 radical (unpaired) electrons. The molecule has 0 heterocycles. The third kappa shape index (κ3) is 4.86. The third-order valence-corrected chi connectivity index (χ3v) is 3.13. The maximum atomic E-state index is 12.0. The van der Waals surface area contributed by atoms with E-state index in [9.17, 15) is 13.2 Å². The van der Waals surface area contributed by atoms with Crippen LogP contribution in [0.4, 0.5) is 18.9 Å². The van der Waals surface area contributed by atoms with E-state index in [1.54, 1.807) is 0 Å². The first-order valence-electron chi connectivity index (χ1n) is 6.18. The Hall–Kier alpha value is -1.88. The predicted octanol–water partition coefficient (Wildman–Crippen LogP) is 5.16. The molecule has 0 amide bonds. The van der Waals surface area contributed by atoms with Crippen molar-refractivity contribution in [2.75, 3.05) is 5.32 Å². The molecule has 0 spiro atoms. The van der Waals surface area contributed by atoms with E-state index in [4.69, 9.17) is 11.6 Å². The minimum Gasteiger partial charge on any atom is -0.406 e. The average molecular weight is 316 g/mol. The fourth-order valence-corrected chi connectivity index (χ4v) is 2.07. The van der Waals surface area contributed by atoms with Gasteiger partial charge >= 0.3 is 6.36 Å². The van der Waals surface area contributed by atoms with Crippen molar-refractivity contribution in [2.24, 2.45) is 0 Å². The SMILES string of the molecule is Cc1ccc(CNc2ccc(OC(F)(F)F)cc2)c(Cl)c1. The fourth-order valence-electron chi connectivity index (χ4n) is 1.77. The summed E-state index contributed by atoms with van der Waals surface area (Å²) in [5, 5.41) is 3.74. The van der Waals surface area contributed by atoms with Crippen LogP contribution < -0.4 is 10.1 Å². The van der Waals surface area contributed by atoms with Gasteiger partial charge in [-0.2, -0.15) is 0 Å². The molecule has 2 nitrogen and oxygen atoms in total. The molecule has 1 N–H and O–H groups in total. The molecule has 21 heavy (non-hydrogen) atoms. The van der Waals surface area contributed by atoms with E-state index in [2.05, 4.69) is 10.1 Å². The summed E-state index contributed by atoms with van der Waals surface area (Å²) in [6.45, 7) is 2.43. The highest BCUT2D eigenvalue weighted by atomic mass is 35.5. The third-order valence-electron chi connectivity index (χ3n) is 2.78. The number of ether oxygens (including phenoxy) is 1. The van der Waals surface area contributed by atoms with Gasteiger partial charge in [0.25, 0.3) is 0 Å². The largest absolute Gasteiger partial charge is 0.573 e. The number of hydrogen-bond donors (Lipinski definition) is 1. The fraction of sp³-hybridized carbons (Fsp3) is 0.200. The van der Waals surface area contributed by atoms with Gasteiger partial charge in [0.2, 0.25) is 0 Å². The highest BCUT2D eigenvalue weighted by Gasteiger charge is 2.30. The second-order valence-electron chi connectivity index (χ2n) is 4.52. The monoisotopic (exact) mass is 315 g/mol. The maximum absolute atomic E-state index is 12.0. The van der Waals surface area contributed by atoms with Crippen molar-refractivity contribution in [1.82, 2.24) is 0 Å². The lowest BCUT2D eigenvalue weighted by Crippen LogP contribution is -2.17. The molecule has 2 aromatic rings. The number of rotatable bonds is 4. The zero-order valence-electron chi connectivity index (χ0n) is 11.2. The van der Waals surface area contributed by atoms with Gasteiger partial charge in [0.1, 0.15) is 5.75 Å². The van der Waals surface area contributed by atoms with Crippen molar-refractivity contribution >= 4 is 17.3 Å². The molecule has 0 saturated carbocycles. The average Bonchev–Trinajstić information content (AvgIpc) is 2.38. The lowest BCUT2D eigenvalue weighted by molar-refractivity contribution is -0.274. The van der Waals surface area contributed by atoms with Crippen molar-refractivity contribution in [1.29, 1.82) is 0 Å². The Balaban J connectivity index is 1.97. The van der Waals surface area contributed by atoms with Crippen LogP contribution in [0.5, 0.6) is 5.75 Å². The molecule has 6 heteroatoms. The van der Waals surface area contributed by atoms with Gasteiger partial charge in [-0.05, 0) is 48.4 Å². The Morgan fingerprint density at radius 2 is 1.76 bits per heavy atom. The van der Waals surface area contributed by atoms with Gasteiger partial charge < -0.3 is 10.1 Å². The molecule has 0 fully saturated rings. The normalized spacial score (nSPS) is 11.3. The first-order valence-corrected chi connectivity index (χ1v) is 6.56. The van der Waals surface area contributed by atoms with Crippen LogP contribution in [0.15, 0.2) is 42.5 Å². The molecule has 0 aliphatic carbocycles. The van der Waals surface area contributed by atoms with Gasteiger partial charge in [0.05, 0.1) is 0 Å². The van der Waals surface area contributed by atoms with E-state index in [0.29, 0.717) is 17.3 Å². The molecule has 0 aliphatic rings. The summed E-state index contributed by atoms with van der Waals surface area (Å²) >= 11 is 6.11. The van der Waals surface area contributed by atoms with Crippen LogP contribution in [0.3, 0.4) is 0 Å². The topological polar surface area (TPSA) is 21.3 Å². The zero-order valence-corrected chi connectivity index (χ0v) is 11.9. The second-order valence-corrected chi connectivity index (χ2v) is 4.93. The molecule has 0 unspecified atom stereocenters. The predicted molar refractivity (Wildman–Crippen MR) is 76.6 cm³/mol. The van der Waals surface area contributed by atoms with Crippen molar-refractivity contribution < 1.29 is 17.9 Å². The quantitative estimate of drug-likeness (QED) is 0.841. The van der Waals surface area contributed by atoms with E-state index in [0.717, 1.165) is 11.1 Å². The molecular formula is C15H13ClF3NO. The van der Waals surface area contributed by atoms with Gasteiger partial charge in [0.15, 0.2) is 0 Å². The van der Waals surface area contributed by atoms with Crippen molar-refractivity contribution in [2.45, 2.75) is 19.8 Å². The Kier molecular flexibility index (Phi) is 4.63. The highest BCUT2D eigenvalue weighted by molar-refractivity contribution is 6.31. The summed E-state index contributed by atoms with van der Waals surface area (Å²) in [4.78, 5) is 0. The molecule has 112 valence electrons. The molecule has 0 atom stereocenters. The molecule has 0 aliphatic heterocycles. The van der Waals surface area contributed by atoms with Crippen LogP contribution in [-0.2, 0) is 6.54 Å². The summed E-state index contributed by atoms with van der Waals surface area (Å²) in [5.41, 5.74) is 2.66. The standard InChI is InChI=1S/C15H13ClF3NO/c1-10-2-3-11(14(16)8-10)9-20-12-4-6-13(7-5-12)21-15(17,18)19/h2-8,20H,9H2,1H3. The number of nitrogens with one attached hydrogen (secondary N) is 1. The molecule has 2 aromatic carbocycles. The Morgan fingerprint density at radius 3 is 2.33 bits per heavy atom. The number of aryl methyl sites for hydroxylation is 1. The van der Waals surface area contributed by atoms with Crippen LogP contribution in [0.2, 0.25) is 5.02 Å². The van der Waals surface area contributed by atoms with Crippen LogP contribution in [0.1, 0.15) is 11.1 Å². The molecular weight excluding hydrogens is 303 g/mol. The first-order chi connectivity index (χ1) is 9.83. The summed E-state index contributed by atoms with van der Waals surface area (Å²) in [6, 6.07) is 11.3. The van der Waals surface area contributed by atoms with Crippen molar-refractivity contribution in [3.8, 4) is 5.75 Å². The van der Waals surface area contributed by atoms with E-state index in [-0.39, 0.29) is 5.75 Å². The van der Waals surface area contributed by atoms with Crippen molar-refractivity contribution in [3.63, 3.8) is 0 Å². The summed E-state index contributed by atoms with van der Waals surface area (Å²) in [6.07, 6.45) is -4.68. The van der Waals surface area contributed by atoms with Gasteiger partial charge in [-0.1, -0.05) is 23.7 Å². The Bertz CT molecular complexity index is 611. The number of anilines is 1. The maximum Gasteiger partial charge on any atom is 0.573 e. The van der Waals surface area contributed by atoms with Crippen LogP contribution in [0, 0.1) is 6.92 Å². The number of hydrogen-bond acceptors (Lipinski definition) is 2. The van der Waals surface area contributed by atoms with Gasteiger partial charge in [-0.25, -0.2) is 0 Å². The van der Waals surface area contributed by atoms with E-state index in [1.807, 2.05) is 25.1 Å². The minimum absolute atomic E-state index is 0.249. The van der Waals surface area contributed by atoms with Gasteiger partial charge in [0, 0.05) is 17.3 Å². The van der Waals surface area contributed by atoms with Crippen LogP contribution in [0.25, 0.3) is 0 Å². The van der Waals surface area contributed by atoms with E-state index >= 15 is 0 Å². The molecule has 0 aromatic heterocycles. The summed E-state index contributed by atoms with van der Waals surface area (Å²) < 4.78 is 39.9. The lowest BCUT2D eigenvalue weighted by Gasteiger charge is -2.11. The summed E-state index contributed by atoms with van der Waals surface area (Å²) in [7, 11) is 0. The van der Waals surface area contributed by atoms with E-state index in [1.165, 1.54) is 24.3 Å². The Labute approximate surface area is 125 Å². The zero-order chi connectivity index (χ0) is 15.5. The minimum atomic E-state index is -4.68. The van der Waals surface area contributed by atoms with Crippen molar-refractivity contribution in [3.05, 3.63) is 58.6 Å². The van der Waals surface area contributed by atoms with Crippen LogP contribution >= 0.6 is 11.6 Å². The summed E-state index contributed by atoms with van der Waals surface area (Å²) in [5.74, 6) is -0.249. The smallest absolute Gasteiger partial charge is 0.406 e. The number of halogens is 4. The first kappa shape index (κ1) is 15.5. The van der Waals surface area contributed by atoms with Gasteiger partial charge in [-0.3, -0.25) is 0 Å². The molecule has 0 saturated heterocycles. The molecule has 0 bridgehead atoms. The number of benzene rings is 2. The molecule has 2 rings (SSSR count). The highest BCUT2D eigenvalue weighted by Crippen LogP contribution is 2.24. The second kappa shape index (κ2) is 6.26.